The summed E-state index contributed by atoms with van der Waals surface area (Å²) in [4.78, 5) is 14.7. The number of hydrogen-bond donors (Lipinski definition) is 3. The van der Waals surface area contributed by atoms with Crippen LogP contribution >= 0.6 is 11.8 Å². The van der Waals surface area contributed by atoms with E-state index >= 15 is 0 Å². The molecule has 0 aliphatic carbocycles. The second kappa shape index (κ2) is 14.8. The monoisotopic (exact) mass is 621 g/mol. The average Bonchev–Trinajstić information content (AvgIpc) is 3.34. The van der Waals surface area contributed by atoms with Gasteiger partial charge in [-0.3, -0.25) is 0 Å². The second-order valence-corrected chi connectivity index (χ2v) is 12.7. The Morgan fingerprint density at radius 2 is 1.64 bits per heavy atom. The van der Waals surface area contributed by atoms with E-state index in [1.165, 1.54) is 0 Å². The molecular weight excluding hydrogens is 578 g/mol. The minimum atomic E-state index is -0.453. The molecule has 0 bridgehead atoms. The maximum absolute atomic E-state index is 13.7. The number of phenolic OH excluding ortho intramolecular Hbond substituents is 1. The minimum absolute atomic E-state index is 0.126. The predicted molar refractivity (Wildman–Crippen MR) is 170 cm³/mol. The first-order chi connectivity index (χ1) is 21.4. The van der Waals surface area contributed by atoms with Crippen LogP contribution in [0.1, 0.15) is 59.8 Å². The van der Waals surface area contributed by atoms with E-state index in [9.17, 15) is 25.4 Å². The van der Waals surface area contributed by atoms with Crippen LogP contribution in [0.3, 0.4) is 0 Å². The van der Waals surface area contributed by atoms with Gasteiger partial charge in [0, 0.05) is 73.7 Å². The number of rotatable bonds is 11. The van der Waals surface area contributed by atoms with Crippen molar-refractivity contribution in [3.05, 3.63) is 58.8 Å². The number of piperidine rings is 2. The number of fused-ring (bicyclic) bond motifs is 1. The first-order valence-electron chi connectivity index (χ1n) is 15.5. The molecule has 2 aliphatic heterocycles. The fourth-order valence-corrected chi connectivity index (χ4v) is 7.39. The van der Waals surface area contributed by atoms with Crippen LogP contribution in [0, 0.1) is 23.2 Å². The number of esters is 1. The summed E-state index contributed by atoms with van der Waals surface area (Å²) in [7, 11) is 1.89. The van der Waals surface area contributed by atoms with Crippen molar-refractivity contribution in [2.24, 2.45) is 18.9 Å². The molecule has 0 radical (unpaired) electrons. The number of aromatic nitrogens is 1. The van der Waals surface area contributed by atoms with E-state index in [1.807, 2.05) is 41.9 Å². The molecule has 5 rings (SSSR count). The average molecular weight is 622 g/mol. The predicted octanol–water partition coefficient (Wildman–Crippen LogP) is 4.27. The standard InChI is InChI=1S/C33H43N5O5S/c1-3-43-33(42)31-29(22-44-26-7-5-4-6-8-26)35(2)28-17-25(18-34)32(41)27(30(28)31)19-38(36-13-9-23(20-39)10-14-36)37-15-11-24(21-40)12-16-37/h4-8,17,23-24,39-41H,3,9-16,19-22H2,1-2H3. The van der Waals surface area contributed by atoms with Crippen LogP contribution in [-0.4, -0.2) is 87.0 Å². The lowest BCUT2D eigenvalue weighted by atomic mass is 9.97. The highest BCUT2D eigenvalue weighted by Crippen LogP contribution is 2.40. The third-order valence-electron chi connectivity index (χ3n) is 9.05. The Kier molecular flexibility index (Phi) is 10.8. The number of carbonyl (C=O) groups excluding carboxylic acids is 1. The third-order valence-corrected chi connectivity index (χ3v) is 10.1. The van der Waals surface area contributed by atoms with Crippen LogP contribution in [0.4, 0.5) is 0 Å². The number of hydrazine groups is 2. The Morgan fingerprint density at radius 3 is 2.16 bits per heavy atom. The molecule has 3 N–H and O–H groups in total. The molecule has 3 heterocycles. The summed E-state index contributed by atoms with van der Waals surface area (Å²) in [6, 6.07) is 13.8. The van der Waals surface area contributed by atoms with Crippen molar-refractivity contribution < 1.29 is 24.9 Å². The van der Waals surface area contributed by atoms with E-state index in [0.29, 0.717) is 27.8 Å². The number of nitriles is 1. The first kappa shape index (κ1) is 32.3. The lowest BCUT2D eigenvalue weighted by Crippen LogP contribution is -2.57. The summed E-state index contributed by atoms with van der Waals surface area (Å²) in [6.07, 6.45) is 3.39. The molecule has 0 atom stereocenters. The molecule has 2 aromatic carbocycles. The number of phenols is 1. The maximum atomic E-state index is 13.7. The van der Waals surface area contributed by atoms with Gasteiger partial charge in [-0.25, -0.2) is 14.8 Å². The van der Waals surface area contributed by atoms with Crippen molar-refractivity contribution >= 4 is 28.6 Å². The van der Waals surface area contributed by atoms with E-state index in [2.05, 4.69) is 21.2 Å². The normalized spacial score (nSPS) is 17.4. The molecular formula is C33H43N5O5S. The van der Waals surface area contributed by atoms with Gasteiger partial charge in [-0.2, -0.15) is 10.4 Å². The fraction of sp³-hybridized carbons (Fsp3) is 0.515. The Hall–Kier alpha value is -3.11. The van der Waals surface area contributed by atoms with Gasteiger partial charge in [0.1, 0.15) is 11.8 Å². The number of aromatic hydroxyl groups is 1. The molecule has 2 saturated heterocycles. The van der Waals surface area contributed by atoms with Gasteiger partial charge in [-0.05, 0) is 62.6 Å². The summed E-state index contributed by atoms with van der Waals surface area (Å²) in [6.45, 7) is 5.54. The highest BCUT2D eigenvalue weighted by atomic mass is 32.2. The number of carbonyl (C=O) groups is 1. The SMILES string of the molecule is CCOC(=O)c1c(CSc2ccccc2)n(C)c2cc(C#N)c(O)c(CN(N3CCC(CO)CC3)N3CCC(CO)CC3)c12. The Balaban J connectivity index is 1.62. The van der Waals surface area contributed by atoms with E-state index in [4.69, 9.17) is 4.74 Å². The van der Waals surface area contributed by atoms with Gasteiger partial charge in [0.15, 0.2) is 0 Å². The van der Waals surface area contributed by atoms with Crippen molar-refractivity contribution in [1.82, 2.24) is 19.7 Å². The number of nitrogens with zero attached hydrogens (tertiary/aromatic N) is 5. The molecule has 1 aromatic heterocycles. The smallest absolute Gasteiger partial charge is 0.340 e. The summed E-state index contributed by atoms with van der Waals surface area (Å²) in [5, 5.41) is 48.5. The van der Waals surface area contributed by atoms with Crippen molar-refractivity contribution in [3.8, 4) is 11.8 Å². The van der Waals surface area contributed by atoms with Crippen molar-refractivity contribution in [2.45, 2.75) is 49.8 Å². The zero-order chi connectivity index (χ0) is 31.2. The van der Waals surface area contributed by atoms with Crippen LogP contribution in [-0.2, 0) is 24.1 Å². The Morgan fingerprint density at radius 1 is 1.05 bits per heavy atom. The number of aryl methyl sites for hydroxylation is 1. The topological polar surface area (TPSA) is 125 Å². The summed E-state index contributed by atoms with van der Waals surface area (Å²) >= 11 is 1.61. The van der Waals surface area contributed by atoms with Gasteiger partial charge in [-0.1, -0.05) is 18.2 Å². The number of hydrogen-bond acceptors (Lipinski definition) is 10. The molecule has 0 amide bonds. The van der Waals surface area contributed by atoms with E-state index < -0.39 is 5.97 Å². The molecule has 0 spiro atoms. The summed E-state index contributed by atoms with van der Waals surface area (Å²) < 4.78 is 7.54. The molecule has 2 aliphatic rings. The molecule has 44 heavy (non-hydrogen) atoms. The minimum Gasteiger partial charge on any atom is -0.506 e. The van der Waals surface area contributed by atoms with Gasteiger partial charge >= 0.3 is 5.97 Å². The van der Waals surface area contributed by atoms with E-state index in [1.54, 1.807) is 24.8 Å². The molecule has 3 aromatic rings. The second-order valence-electron chi connectivity index (χ2n) is 11.6. The zero-order valence-electron chi connectivity index (χ0n) is 25.6. The highest BCUT2D eigenvalue weighted by Gasteiger charge is 2.34. The highest BCUT2D eigenvalue weighted by molar-refractivity contribution is 7.98. The van der Waals surface area contributed by atoms with Gasteiger partial charge in [0.2, 0.25) is 0 Å². The van der Waals surface area contributed by atoms with Crippen molar-refractivity contribution in [1.29, 1.82) is 5.26 Å². The fourth-order valence-electron chi connectivity index (χ4n) is 6.40. The van der Waals surface area contributed by atoms with Crippen LogP contribution in [0.5, 0.6) is 5.75 Å². The lowest BCUT2D eigenvalue weighted by molar-refractivity contribution is -0.213. The van der Waals surface area contributed by atoms with Gasteiger partial charge < -0.3 is 24.6 Å². The lowest BCUT2D eigenvalue weighted by Gasteiger charge is -2.47. The first-order valence-corrected chi connectivity index (χ1v) is 16.5. The van der Waals surface area contributed by atoms with Crippen LogP contribution in [0.25, 0.3) is 10.9 Å². The van der Waals surface area contributed by atoms with Crippen molar-refractivity contribution in [2.75, 3.05) is 46.0 Å². The molecule has 11 heteroatoms. The van der Waals surface area contributed by atoms with Crippen molar-refractivity contribution in [3.63, 3.8) is 0 Å². The number of benzene rings is 2. The number of ether oxygens (including phenoxy) is 1. The Labute approximate surface area is 263 Å². The number of thioether (sulfide) groups is 1. The quantitative estimate of drug-likeness (QED) is 0.211. The molecule has 2 fully saturated rings. The van der Waals surface area contributed by atoms with Gasteiger partial charge in [0.05, 0.1) is 29.8 Å². The molecule has 236 valence electrons. The van der Waals surface area contributed by atoms with Gasteiger partial charge in [-0.15, -0.1) is 11.8 Å². The van der Waals surface area contributed by atoms with Crippen LogP contribution < -0.4 is 0 Å². The molecule has 0 unspecified atom stereocenters. The Bertz CT molecular complexity index is 1450. The number of aliphatic hydroxyl groups excluding tert-OH is 2. The summed E-state index contributed by atoms with van der Waals surface area (Å²) in [5.41, 5.74) is 2.55. The van der Waals surface area contributed by atoms with Gasteiger partial charge in [0.25, 0.3) is 0 Å². The van der Waals surface area contributed by atoms with E-state index in [-0.39, 0.29) is 49.5 Å². The zero-order valence-corrected chi connectivity index (χ0v) is 26.4. The maximum Gasteiger partial charge on any atom is 0.340 e. The largest absolute Gasteiger partial charge is 0.506 e. The number of aliphatic hydroxyl groups is 2. The summed E-state index contributed by atoms with van der Waals surface area (Å²) in [5.74, 6) is 0.428. The molecule has 0 saturated carbocycles. The van der Waals surface area contributed by atoms with E-state index in [0.717, 1.165) is 62.5 Å². The third kappa shape index (κ3) is 6.76. The van der Waals surface area contributed by atoms with Crippen LogP contribution in [0.15, 0.2) is 41.3 Å². The van der Waals surface area contributed by atoms with Crippen LogP contribution in [0.2, 0.25) is 0 Å². The molecule has 10 nitrogen and oxygen atoms in total.